The minimum atomic E-state index is -0.531. The molecule has 5 nitrogen and oxygen atoms in total. The lowest BCUT2D eigenvalue weighted by Crippen LogP contribution is -2.39. The number of carbonyl (C=O) groups excluding carboxylic acids is 2. The smallest absolute Gasteiger partial charge is 0.337 e. The van der Waals surface area contributed by atoms with E-state index < -0.39 is 5.60 Å². The van der Waals surface area contributed by atoms with Gasteiger partial charge >= 0.3 is 11.9 Å². The molecule has 0 aliphatic carbocycles. The van der Waals surface area contributed by atoms with E-state index in [0.717, 1.165) is 5.56 Å². The van der Waals surface area contributed by atoms with Gasteiger partial charge in [-0.25, -0.2) is 9.59 Å². The van der Waals surface area contributed by atoms with Crippen LogP contribution in [-0.4, -0.2) is 30.7 Å². The van der Waals surface area contributed by atoms with Gasteiger partial charge < -0.3 is 14.8 Å². The molecule has 1 unspecified atom stereocenters. The molecule has 0 aliphatic heterocycles. The Balaban J connectivity index is 2.84. The van der Waals surface area contributed by atoms with Gasteiger partial charge in [0.05, 0.1) is 18.2 Å². The van der Waals surface area contributed by atoms with Crippen LogP contribution in [0.2, 0.25) is 0 Å². The molecule has 0 radical (unpaired) electrons. The number of methoxy groups -OCH3 is 1. The molecule has 1 aromatic rings. The molecule has 0 fully saturated rings. The number of rotatable bonds is 7. The Morgan fingerprint density at radius 3 is 2.15 bits per heavy atom. The quantitative estimate of drug-likeness (QED) is 0.590. The topological polar surface area (TPSA) is 64.6 Å². The number of esters is 2. The first-order valence-corrected chi connectivity index (χ1v) is 8.89. The van der Waals surface area contributed by atoms with E-state index in [4.69, 9.17) is 9.47 Å². The third-order valence-electron chi connectivity index (χ3n) is 3.85. The molecule has 0 saturated heterocycles. The zero-order chi connectivity index (χ0) is 19.9. The van der Waals surface area contributed by atoms with Crippen LogP contribution < -0.4 is 5.32 Å². The van der Waals surface area contributed by atoms with Gasteiger partial charge in [0.1, 0.15) is 5.60 Å². The van der Waals surface area contributed by atoms with Crippen molar-refractivity contribution < 1.29 is 19.1 Å². The molecule has 1 rings (SSSR count). The van der Waals surface area contributed by atoms with Crippen molar-refractivity contribution in [1.29, 1.82) is 0 Å². The van der Waals surface area contributed by atoms with Crippen molar-refractivity contribution in [2.75, 3.05) is 7.11 Å². The average molecular weight is 361 g/mol. The molecule has 0 saturated carbocycles. The molecule has 0 bridgehead atoms. The van der Waals surface area contributed by atoms with Crippen molar-refractivity contribution in [3.8, 4) is 0 Å². The number of benzene rings is 1. The van der Waals surface area contributed by atoms with Crippen LogP contribution in [0.4, 0.5) is 0 Å². The van der Waals surface area contributed by atoms with E-state index in [-0.39, 0.29) is 23.9 Å². The van der Waals surface area contributed by atoms with E-state index in [1.807, 2.05) is 45.9 Å². The Morgan fingerprint density at radius 2 is 1.73 bits per heavy atom. The highest BCUT2D eigenvalue weighted by atomic mass is 16.6. The second-order valence-corrected chi connectivity index (χ2v) is 7.54. The highest BCUT2D eigenvalue weighted by Gasteiger charge is 2.27. The number of hydrogen-bond acceptors (Lipinski definition) is 5. The fraction of sp³-hybridized carbons (Fsp3) is 0.524. The van der Waals surface area contributed by atoms with E-state index in [0.29, 0.717) is 17.7 Å². The molecule has 1 N–H and O–H groups in total. The first-order valence-electron chi connectivity index (χ1n) is 8.89. The van der Waals surface area contributed by atoms with Gasteiger partial charge in [0.25, 0.3) is 0 Å². The summed E-state index contributed by atoms with van der Waals surface area (Å²) in [5, 5.41) is 3.43. The predicted molar refractivity (Wildman–Crippen MR) is 103 cm³/mol. The van der Waals surface area contributed by atoms with Crippen molar-refractivity contribution >= 4 is 11.9 Å². The standard InChI is InChI=1S/C21H31NO4/c1-8-17(20(24)26-21(4,5)6)18(14(2)3)22-13-15-9-11-16(12-10-15)19(23)25-7/h8-12,14,18,22H,13H2,1-7H3/b17-8-. The van der Waals surface area contributed by atoms with Crippen molar-refractivity contribution in [2.24, 2.45) is 5.92 Å². The molecule has 1 atom stereocenters. The van der Waals surface area contributed by atoms with Crippen LogP contribution in [0.5, 0.6) is 0 Å². The molecule has 0 aliphatic rings. The largest absolute Gasteiger partial charge is 0.465 e. The summed E-state index contributed by atoms with van der Waals surface area (Å²) in [5.41, 5.74) is 1.62. The molecular formula is C21H31NO4. The summed E-state index contributed by atoms with van der Waals surface area (Å²) in [7, 11) is 1.36. The first-order chi connectivity index (χ1) is 12.1. The lowest BCUT2D eigenvalue weighted by atomic mass is 9.95. The molecule has 0 heterocycles. The van der Waals surface area contributed by atoms with Crippen LogP contribution in [0.25, 0.3) is 0 Å². The summed E-state index contributed by atoms with van der Waals surface area (Å²) in [5.74, 6) is -0.444. The summed E-state index contributed by atoms with van der Waals surface area (Å²) in [4.78, 5) is 24.0. The Hall–Kier alpha value is -2.14. The minimum absolute atomic E-state index is 0.130. The fourth-order valence-corrected chi connectivity index (χ4v) is 2.57. The van der Waals surface area contributed by atoms with Crippen LogP contribution >= 0.6 is 0 Å². The van der Waals surface area contributed by atoms with Crippen molar-refractivity contribution in [3.05, 3.63) is 47.0 Å². The number of nitrogens with one attached hydrogen (secondary N) is 1. The minimum Gasteiger partial charge on any atom is -0.465 e. The number of hydrogen-bond donors (Lipinski definition) is 1. The molecule has 144 valence electrons. The maximum atomic E-state index is 12.5. The van der Waals surface area contributed by atoms with Gasteiger partial charge in [0.2, 0.25) is 0 Å². The maximum absolute atomic E-state index is 12.5. The van der Waals surface area contributed by atoms with Crippen molar-refractivity contribution in [2.45, 2.75) is 59.7 Å². The van der Waals surface area contributed by atoms with Crippen LogP contribution in [0, 0.1) is 5.92 Å². The zero-order valence-corrected chi connectivity index (χ0v) is 16.9. The van der Waals surface area contributed by atoms with Gasteiger partial charge in [-0.05, 0) is 51.3 Å². The summed E-state index contributed by atoms with van der Waals surface area (Å²) >= 11 is 0. The Bertz CT molecular complexity index is 639. The number of ether oxygens (including phenoxy) is 2. The normalized spacial score (nSPS) is 13.5. The van der Waals surface area contributed by atoms with Crippen LogP contribution in [0.1, 0.15) is 57.5 Å². The van der Waals surface area contributed by atoms with Gasteiger partial charge in [-0.15, -0.1) is 0 Å². The molecule has 5 heteroatoms. The summed E-state index contributed by atoms with van der Waals surface area (Å²) in [6.45, 7) is 12.1. The summed E-state index contributed by atoms with van der Waals surface area (Å²) in [6, 6.07) is 7.09. The Kier molecular flexibility index (Phi) is 8.03. The SMILES string of the molecule is C/C=C(\C(=O)OC(C)(C)C)C(NCc1ccc(C(=O)OC)cc1)C(C)C. The third kappa shape index (κ3) is 6.64. The molecule has 0 aromatic heterocycles. The molecule has 0 spiro atoms. The second-order valence-electron chi connectivity index (χ2n) is 7.54. The van der Waals surface area contributed by atoms with Gasteiger partial charge in [-0.3, -0.25) is 0 Å². The number of allylic oxidation sites excluding steroid dienone is 1. The van der Waals surface area contributed by atoms with E-state index in [9.17, 15) is 9.59 Å². The van der Waals surface area contributed by atoms with Crippen molar-refractivity contribution in [1.82, 2.24) is 5.32 Å². The predicted octanol–water partition coefficient (Wildman–Crippen LogP) is 3.88. The van der Waals surface area contributed by atoms with Gasteiger partial charge in [0.15, 0.2) is 0 Å². The fourth-order valence-electron chi connectivity index (χ4n) is 2.57. The second kappa shape index (κ2) is 9.53. The van der Waals surface area contributed by atoms with Gasteiger partial charge in [-0.2, -0.15) is 0 Å². The van der Waals surface area contributed by atoms with E-state index >= 15 is 0 Å². The third-order valence-corrected chi connectivity index (χ3v) is 3.85. The van der Waals surface area contributed by atoms with Gasteiger partial charge in [0, 0.05) is 12.6 Å². The van der Waals surface area contributed by atoms with E-state index in [1.54, 1.807) is 12.1 Å². The molecular weight excluding hydrogens is 330 g/mol. The van der Waals surface area contributed by atoms with E-state index in [1.165, 1.54) is 7.11 Å². The van der Waals surface area contributed by atoms with E-state index in [2.05, 4.69) is 19.2 Å². The Morgan fingerprint density at radius 1 is 1.15 bits per heavy atom. The monoisotopic (exact) mass is 361 g/mol. The van der Waals surface area contributed by atoms with Gasteiger partial charge in [-0.1, -0.05) is 32.1 Å². The van der Waals surface area contributed by atoms with Crippen LogP contribution in [0.15, 0.2) is 35.9 Å². The van der Waals surface area contributed by atoms with Crippen LogP contribution in [-0.2, 0) is 20.8 Å². The highest BCUT2D eigenvalue weighted by molar-refractivity contribution is 5.90. The summed E-state index contributed by atoms with van der Waals surface area (Å²) in [6.07, 6.45) is 1.81. The zero-order valence-electron chi connectivity index (χ0n) is 16.9. The summed E-state index contributed by atoms with van der Waals surface area (Å²) < 4.78 is 10.2. The van der Waals surface area contributed by atoms with Crippen LogP contribution in [0.3, 0.4) is 0 Å². The highest BCUT2D eigenvalue weighted by Crippen LogP contribution is 2.19. The lowest BCUT2D eigenvalue weighted by molar-refractivity contribution is -0.150. The lowest BCUT2D eigenvalue weighted by Gasteiger charge is -2.27. The molecule has 1 aromatic carbocycles. The van der Waals surface area contributed by atoms with Crippen molar-refractivity contribution in [3.63, 3.8) is 0 Å². The molecule has 0 amide bonds. The maximum Gasteiger partial charge on any atom is 0.337 e. The first kappa shape index (κ1) is 21.9. The molecule has 26 heavy (non-hydrogen) atoms. The number of carbonyl (C=O) groups is 2. The average Bonchev–Trinajstić information content (AvgIpc) is 2.56. The Labute approximate surface area is 156 Å².